The molecule has 7 nitrogen and oxygen atoms in total. The van der Waals surface area contributed by atoms with Gasteiger partial charge < -0.3 is 19.9 Å². The number of nitrogens with one attached hydrogen (secondary N) is 2. The summed E-state index contributed by atoms with van der Waals surface area (Å²) in [5.41, 5.74) is 8.35. The number of anilines is 2. The van der Waals surface area contributed by atoms with Gasteiger partial charge in [0.05, 0.1) is 11.2 Å². The highest BCUT2D eigenvalue weighted by molar-refractivity contribution is 6.04. The van der Waals surface area contributed by atoms with E-state index in [0.717, 1.165) is 79.4 Å². The number of piperazine rings is 1. The molecule has 1 saturated heterocycles. The van der Waals surface area contributed by atoms with Gasteiger partial charge in [-0.25, -0.2) is 4.98 Å². The van der Waals surface area contributed by atoms with Gasteiger partial charge in [0, 0.05) is 49.5 Å². The quantitative estimate of drug-likeness (QED) is 0.192. The van der Waals surface area contributed by atoms with Crippen LogP contribution in [-0.2, 0) is 12.8 Å². The van der Waals surface area contributed by atoms with E-state index < -0.39 is 0 Å². The number of aryl methyl sites for hydroxylation is 2. The Kier molecular flexibility index (Phi) is 8.70. The smallest absolute Gasteiger partial charge is 0.255 e. The van der Waals surface area contributed by atoms with Gasteiger partial charge in [-0.05, 0) is 72.5 Å². The van der Waals surface area contributed by atoms with Gasteiger partial charge in [-0.1, -0.05) is 56.3 Å². The van der Waals surface area contributed by atoms with Crippen LogP contribution in [0.15, 0.2) is 91.0 Å². The Hall–Kier alpha value is -4.62. The Morgan fingerprint density at radius 2 is 1.51 bits per heavy atom. The lowest BCUT2D eigenvalue weighted by atomic mass is 10.1. The number of nitrogens with zero attached hydrogens (tertiary/aromatic N) is 3. The lowest BCUT2D eigenvalue weighted by Gasteiger charge is -2.36. The van der Waals surface area contributed by atoms with Crippen molar-refractivity contribution in [2.45, 2.75) is 26.7 Å². The van der Waals surface area contributed by atoms with Crippen molar-refractivity contribution in [1.82, 2.24) is 14.9 Å². The van der Waals surface area contributed by atoms with Crippen molar-refractivity contribution in [1.29, 1.82) is 0 Å². The van der Waals surface area contributed by atoms with Crippen LogP contribution in [0, 0.1) is 0 Å². The minimum atomic E-state index is -0.110. The van der Waals surface area contributed by atoms with E-state index in [2.05, 4.69) is 76.4 Å². The first-order valence-corrected chi connectivity index (χ1v) is 15.3. The Morgan fingerprint density at radius 1 is 0.837 bits per heavy atom. The third-order valence-electron chi connectivity index (χ3n) is 8.25. The second-order valence-corrected chi connectivity index (χ2v) is 11.0. The Bertz CT molecular complexity index is 1650. The van der Waals surface area contributed by atoms with Crippen LogP contribution in [0.4, 0.5) is 11.4 Å². The van der Waals surface area contributed by atoms with Gasteiger partial charge in [0.1, 0.15) is 23.7 Å². The van der Waals surface area contributed by atoms with E-state index in [-0.39, 0.29) is 5.91 Å². The van der Waals surface area contributed by atoms with Crippen molar-refractivity contribution >= 4 is 28.3 Å². The number of amides is 1. The van der Waals surface area contributed by atoms with Crippen molar-refractivity contribution < 1.29 is 9.53 Å². The molecule has 1 amide bonds. The average Bonchev–Trinajstić information content (AvgIpc) is 3.51. The summed E-state index contributed by atoms with van der Waals surface area (Å²) in [6, 6.07) is 30.4. The molecule has 0 spiro atoms. The van der Waals surface area contributed by atoms with Crippen molar-refractivity contribution in [2.24, 2.45) is 0 Å². The predicted molar refractivity (Wildman–Crippen MR) is 175 cm³/mol. The first-order chi connectivity index (χ1) is 21.1. The minimum absolute atomic E-state index is 0.110. The molecule has 0 radical (unpaired) electrons. The molecule has 0 aliphatic carbocycles. The number of benzene rings is 4. The highest BCUT2D eigenvalue weighted by Crippen LogP contribution is 2.29. The van der Waals surface area contributed by atoms with E-state index in [1.807, 2.05) is 48.5 Å². The second kappa shape index (κ2) is 13.1. The van der Waals surface area contributed by atoms with E-state index in [1.54, 1.807) is 0 Å². The number of ether oxygens (including phenoxy) is 1. The molecule has 1 aliphatic rings. The van der Waals surface area contributed by atoms with Gasteiger partial charge in [-0.3, -0.25) is 9.69 Å². The lowest BCUT2D eigenvalue weighted by Crippen LogP contribution is -2.47. The molecule has 0 atom stereocenters. The first kappa shape index (κ1) is 28.5. The molecule has 0 saturated carbocycles. The average molecular weight is 574 g/mol. The highest BCUT2D eigenvalue weighted by Gasteiger charge is 2.20. The normalized spacial score (nSPS) is 13.8. The Labute approximate surface area is 253 Å². The van der Waals surface area contributed by atoms with Crippen LogP contribution in [0.3, 0.4) is 0 Å². The number of aromatic nitrogens is 2. The molecule has 4 aromatic carbocycles. The SMILES string of the molecule is CCc1ccc(C(=O)Nc2ccc(OCCN3CCN(c4cccc5[nH]c(-c6ccc(CC)cc6)nc45)CC3)cc2)cc1. The number of carbonyl (C=O) groups is 1. The maximum absolute atomic E-state index is 12.5. The summed E-state index contributed by atoms with van der Waals surface area (Å²) in [5, 5.41) is 2.96. The number of carbonyl (C=O) groups excluding carboxylic acids is 1. The van der Waals surface area contributed by atoms with Gasteiger partial charge in [0.15, 0.2) is 0 Å². The molecule has 6 rings (SSSR count). The second-order valence-electron chi connectivity index (χ2n) is 11.0. The van der Waals surface area contributed by atoms with E-state index in [0.29, 0.717) is 12.2 Å². The topological polar surface area (TPSA) is 73.5 Å². The van der Waals surface area contributed by atoms with E-state index >= 15 is 0 Å². The highest BCUT2D eigenvalue weighted by atomic mass is 16.5. The summed E-state index contributed by atoms with van der Waals surface area (Å²) >= 11 is 0. The van der Waals surface area contributed by atoms with Crippen LogP contribution < -0.4 is 15.0 Å². The number of para-hydroxylation sites is 1. The van der Waals surface area contributed by atoms with Gasteiger partial charge in [0.25, 0.3) is 5.91 Å². The monoisotopic (exact) mass is 573 g/mol. The number of H-pyrrole nitrogens is 1. The molecule has 7 heteroatoms. The van der Waals surface area contributed by atoms with Gasteiger partial charge in [-0.15, -0.1) is 0 Å². The molecule has 0 unspecified atom stereocenters. The zero-order valence-corrected chi connectivity index (χ0v) is 25.0. The van der Waals surface area contributed by atoms with Crippen molar-refractivity contribution in [3.63, 3.8) is 0 Å². The van der Waals surface area contributed by atoms with Gasteiger partial charge in [0.2, 0.25) is 0 Å². The van der Waals surface area contributed by atoms with Crippen LogP contribution in [0.2, 0.25) is 0 Å². The molecule has 2 N–H and O–H groups in total. The predicted octanol–water partition coefficient (Wildman–Crippen LogP) is 6.81. The maximum atomic E-state index is 12.5. The summed E-state index contributed by atoms with van der Waals surface area (Å²) < 4.78 is 6.03. The standard InChI is InChI=1S/C36H39N5O2/c1-3-26-8-12-28(13-9-26)35-38-32-6-5-7-33(34(32)39-35)41-22-20-40(21-23-41)24-25-43-31-18-16-30(17-19-31)37-36(42)29-14-10-27(4-2)11-15-29/h5-19H,3-4,20-25H2,1-2H3,(H,37,42)(H,38,39). The van der Waals surface area contributed by atoms with Crippen LogP contribution >= 0.6 is 0 Å². The molecule has 1 fully saturated rings. The summed E-state index contributed by atoms with van der Waals surface area (Å²) in [6.07, 6.45) is 1.99. The fourth-order valence-electron chi connectivity index (χ4n) is 5.54. The molecular formula is C36H39N5O2. The first-order valence-electron chi connectivity index (χ1n) is 15.3. The van der Waals surface area contributed by atoms with Crippen molar-refractivity contribution in [3.05, 3.63) is 108 Å². The van der Waals surface area contributed by atoms with E-state index in [1.165, 1.54) is 16.8 Å². The third kappa shape index (κ3) is 6.73. The van der Waals surface area contributed by atoms with Crippen LogP contribution in [0.5, 0.6) is 5.75 Å². The fourth-order valence-corrected chi connectivity index (χ4v) is 5.54. The number of hydrogen-bond donors (Lipinski definition) is 2. The summed E-state index contributed by atoms with van der Waals surface area (Å²) in [7, 11) is 0. The number of aromatic amines is 1. The molecule has 2 heterocycles. The van der Waals surface area contributed by atoms with Gasteiger partial charge in [-0.2, -0.15) is 0 Å². The van der Waals surface area contributed by atoms with Crippen LogP contribution in [-0.4, -0.2) is 60.1 Å². The summed E-state index contributed by atoms with van der Waals surface area (Å²) in [4.78, 5) is 26.0. The molecule has 1 aliphatic heterocycles. The molecule has 43 heavy (non-hydrogen) atoms. The minimum Gasteiger partial charge on any atom is -0.492 e. The van der Waals surface area contributed by atoms with Gasteiger partial charge >= 0.3 is 0 Å². The number of imidazole rings is 1. The Morgan fingerprint density at radius 3 is 2.19 bits per heavy atom. The molecule has 220 valence electrons. The van der Waals surface area contributed by atoms with E-state index in [9.17, 15) is 4.79 Å². The fraction of sp³-hybridized carbons (Fsp3) is 0.278. The largest absolute Gasteiger partial charge is 0.492 e. The number of hydrogen-bond acceptors (Lipinski definition) is 5. The Balaban J connectivity index is 0.980. The zero-order valence-electron chi connectivity index (χ0n) is 25.0. The molecule has 1 aromatic heterocycles. The van der Waals surface area contributed by atoms with Crippen LogP contribution in [0.1, 0.15) is 35.3 Å². The summed E-state index contributed by atoms with van der Waals surface area (Å²) in [6.45, 7) is 9.59. The lowest BCUT2D eigenvalue weighted by molar-refractivity contribution is 0.102. The summed E-state index contributed by atoms with van der Waals surface area (Å²) in [5.74, 6) is 1.61. The number of rotatable bonds is 10. The van der Waals surface area contributed by atoms with Crippen molar-refractivity contribution in [3.8, 4) is 17.1 Å². The molecule has 0 bridgehead atoms. The van der Waals surface area contributed by atoms with Crippen LogP contribution in [0.25, 0.3) is 22.4 Å². The number of fused-ring (bicyclic) bond motifs is 1. The molecule has 5 aromatic rings. The van der Waals surface area contributed by atoms with E-state index in [4.69, 9.17) is 9.72 Å². The molecular weight excluding hydrogens is 534 g/mol. The zero-order chi connectivity index (χ0) is 29.6. The third-order valence-corrected chi connectivity index (χ3v) is 8.25. The van der Waals surface area contributed by atoms with Crippen molar-refractivity contribution in [2.75, 3.05) is 49.5 Å². The maximum Gasteiger partial charge on any atom is 0.255 e.